The predicted octanol–water partition coefficient (Wildman–Crippen LogP) is 4.23. The number of hydrogen-bond acceptors (Lipinski definition) is 1. The predicted molar refractivity (Wildman–Crippen MR) is 78.9 cm³/mol. The fraction of sp³-hybridized carbons (Fsp3) is 0. The van der Waals surface area contributed by atoms with Crippen LogP contribution in [0.15, 0.2) is 60.8 Å². The Bertz CT molecular complexity index is 1050. The molecular weight excluding hydrogens is 232 g/mol. The molecule has 0 aliphatic heterocycles. The highest BCUT2D eigenvalue weighted by Crippen LogP contribution is 2.35. The molecule has 5 rings (SSSR count). The van der Waals surface area contributed by atoms with Gasteiger partial charge in [-0.25, -0.2) is 4.52 Å². The molecule has 0 saturated heterocycles. The molecule has 88 valence electrons. The Balaban J connectivity index is 2.34. The van der Waals surface area contributed by atoms with Crippen molar-refractivity contribution in [3.63, 3.8) is 0 Å². The van der Waals surface area contributed by atoms with Crippen molar-refractivity contribution in [3.05, 3.63) is 60.8 Å². The topological polar surface area (TPSA) is 17.3 Å². The van der Waals surface area contributed by atoms with E-state index in [2.05, 4.69) is 64.2 Å². The zero-order valence-electron chi connectivity index (χ0n) is 10.2. The molecule has 2 heterocycles. The van der Waals surface area contributed by atoms with Crippen molar-refractivity contribution in [2.24, 2.45) is 0 Å². The van der Waals surface area contributed by atoms with Crippen LogP contribution in [-0.2, 0) is 0 Å². The van der Waals surface area contributed by atoms with Crippen LogP contribution in [0, 0.1) is 0 Å². The summed E-state index contributed by atoms with van der Waals surface area (Å²) in [7, 11) is 0. The lowest BCUT2D eigenvalue weighted by molar-refractivity contribution is 1.01. The van der Waals surface area contributed by atoms with Gasteiger partial charge in [0.2, 0.25) is 0 Å². The van der Waals surface area contributed by atoms with Gasteiger partial charge in [0.1, 0.15) is 0 Å². The summed E-state index contributed by atoms with van der Waals surface area (Å²) < 4.78 is 2.07. The molecule has 0 fully saturated rings. The molecule has 0 spiro atoms. The van der Waals surface area contributed by atoms with Crippen molar-refractivity contribution in [1.29, 1.82) is 0 Å². The summed E-state index contributed by atoms with van der Waals surface area (Å²) in [4.78, 5) is 0. The highest BCUT2D eigenvalue weighted by atomic mass is 15.2. The summed E-state index contributed by atoms with van der Waals surface area (Å²) >= 11 is 0. The quantitative estimate of drug-likeness (QED) is 0.293. The maximum atomic E-state index is 4.57. The Morgan fingerprint density at radius 2 is 1.58 bits per heavy atom. The second-order valence-electron chi connectivity index (χ2n) is 4.98. The van der Waals surface area contributed by atoms with Crippen molar-refractivity contribution >= 4 is 38.0 Å². The Kier molecular flexibility index (Phi) is 1.49. The van der Waals surface area contributed by atoms with Crippen LogP contribution in [0.25, 0.3) is 38.0 Å². The number of fused-ring (bicyclic) bond motifs is 3. The molecular formula is C17H10N2. The van der Waals surface area contributed by atoms with Gasteiger partial charge in [-0.1, -0.05) is 48.5 Å². The highest BCUT2D eigenvalue weighted by molar-refractivity contribution is 6.22. The van der Waals surface area contributed by atoms with Gasteiger partial charge in [0.25, 0.3) is 0 Å². The number of para-hydroxylation sites is 1. The van der Waals surface area contributed by atoms with Gasteiger partial charge in [-0.15, -0.1) is 0 Å². The van der Waals surface area contributed by atoms with Gasteiger partial charge in [0, 0.05) is 16.2 Å². The molecule has 0 bridgehead atoms. The second kappa shape index (κ2) is 3.04. The van der Waals surface area contributed by atoms with E-state index in [0.717, 1.165) is 0 Å². The number of rotatable bonds is 0. The normalized spacial score (nSPS) is 12.2. The smallest absolute Gasteiger partial charge is 0.0825 e. The van der Waals surface area contributed by atoms with E-state index >= 15 is 0 Å². The minimum Gasteiger partial charge on any atom is -0.232 e. The largest absolute Gasteiger partial charge is 0.232 e. The minimum atomic E-state index is 1.17. The number of hydrogen-bond donors (Lipinski definition) is 0. The summed E-state index contributed by atoms with van der Waals surface area (Å²) in [6.07, 6.45) is 1.95. The van der Waals surface area contributed by atoms with Gasteiger partial charge >= 0.3 is 0 Å². The summed E-state index contributed by atoms with van der Waals surface area (Å²) in [6, 6.07) is 19.3. The van der Waals surface area contributed by atoms with E-state index in [-0.39, 0.29) is 0 Å². The van der Waals surface area contributed by atoms with Crippen LogP contribution in [0.3, 0.4) is 0 Å². The lowest BCUT2D eigenvalue weighted by Crippen LogP contribution is -1.93. The maximum Gasteiger partial charge on any atom is 0.0825 e. The second-order valence-corrected chi connectivity index (χ2v) is 4.98. The third-order valence-corrected chi connectivity index (χ3v) is 4.00. The standard InChI is InChI=1S/C17H10N2/c1-2-7-15-13(5-1)14-6-3-4-11-8-9-12-10-18-19(15)17(12)16(11)14/h1-10H. The molecule has 0 amide bonds. The molecule has 0 radical (unpaired) electrons. The summed E-state index contributed by atoms with van der Waals surface area (Å²) in [5.41, 5.74) is 2.40. The molecule has 0 unspecified atom stereocenters. The van der Waals surface area contributed by atoms with Crippen LogP contribution in [0.2, 0.25) is 0 Å². The van der Waals surface area contributed by atoms with Gasteiger partial charge in [-0.3, -0.25) is 0 Å². The van der Waals surface area contributed by atoms with Gasteiger partial charge in [-0.2, -0.15) is 5.10 Å². The third kappa shape index (κ3) is 1.01. The van der Waals surface area contributed by atoms with Gasteiger partial charge in [-0.05, 0) is 16.8 Å². The van der Waals surface area contributed by atoms with Crippen LogP contribution in [-0.4, -0.2) is 9.61 Å². The average Bonchev–Trinajstić information content (AvgIpc) is 2.91. The van der Waals surface area contributed by atoms with Crippen molar-refractivity contribution in [2.75, 3.05) is 0 Å². The molecule has 0 atom stereocenters. The number of nitrogens with zero attached hydrogens (tertiary/aromatic N) is 2. The van der Waals surface area contributed by atoms with Crippen LogP contribution in [0.5, 0.6) is 0 Å². The first-order valence-corrected chi connectivity index (χ1v) is 6.43. The van der Waals surface area contributed by atoms with Crippen molar-refractivity contribution < 1.29 is 0 Å². The Morgan fingerprint density at radius 1 is 0.737 bits per heavy atom. The molecule has 19 heavy (non-hydrogen) atoms. The molecule has 0 aliphatic rings. The van der Waals surface area contributed by atoms with E-state index in [1.54, 1.807) is 0 Å². The molecule has 0 saturated carbocycles. The van der Waals surface area contributed by atoms with E-state index < -0.39 is 0 Å². The van der Waals surface area contributed by atoms with Gasteiger partial charge in [0.15, 0.2) is 0 Å². The molecule has 2 aromatic heterocycles. The molecule has 5 aromatic rings. The molecule has 3 aromatic carbocycles. The first-order valence-electron chi connectivity index (χ1n) is 6.43. The summed E-state index contributed by atoms with van der Waals surface area (Å²) in [5, 5.41) is 10.9. The van der Waals surface area contributed by atoms with E-state index in [4.69, 9.17) is 0 Å². The first kappa shape index (κ1) is 9.34. The van der Waals surface area contributed by atoms with E-state index in [0.29, 0.717) is 0 Å². The van der Waals surface area contributed by atoms with E-state index in [1.807, 2.05) is 6.20 Å². The molecule has 2 heteroatoms. The third-order valence-electron chi connectivity index (χ3n) is 4.00. The van der Waals surface area contributed by atoms with Crippen molar-refractivity contribution in [2.45, 2.75) is 0 Å². The average molecular weight is 242 g/mol. The van der Waals surface area contributed by atoms with Gasteiger partial charge < -0.3 is 0 Å². The Labute approximate surface area is 109 Å². The lowest BCUT2D eigenvalue weighted by atomic mass is 9.99. The van der Waals surface area contributed by atoms with Crippen LogP contribution in [0.4, 0.5) is 0 Å². The van der Waals surface area contributed by atoms with Crippen LogP contribution in [0.1, 0.15) is 0 Å². The first-order chi connectivity index (χ1) is 9.43. The Morgan fingerprint density at radius 3 is 2.58 bits per heavy atom. The van der Waals surface area contributed by atoms with Crippen LogP contribution < -0.4 is 0 Å². The monoisotopic (exact) mass is 242 g/mol. The highest BCUT2D eigenvalue weighted by Gasteiger charge is 2.13. The van der Waals surface area contributed by atoms with Crippen molar-refractivity contribution in [3.8, 4) is 0 Å². The molecule has 0 N–H and O–H groups in total. The molecule has 2 nitrogen and oxygen atoms in total. The van der Waals surface area contributed by atoms with Gasteiger partial charge in [0.05, 0.1) is 17.2 Å². The van der Waals surface area contributed by atoms with E-state index in [1.165, 1.54) is 38.0 Å². The van der Waals surface area contributed by atoms with Crippen molar-refractivity contribution in [1.82, 2.24) is 9.61 Å². The summed E-state index contributed by atoms with van der Waals surface area (Å²) in [5.74, 6) is 0. The number of benzene rings is 3. The summed E-state index contributed by atoms with van der Waals surface area (Å²) in [6.45, 7) is 0. The Hall–Kier alpha value is -2.61. The fourth-order valence-corrected chi connectivity index (χ4v) is 3.18. The van der Waals surface area contributed by atoms with Crippen LogP contribution >= 0.6 is 0 Å². The number of pyridine rings is 1. The SMILES string of the molecule is c1cc2ccc3cnn4c5ccccc5c(c1)c2c34. The van der Waals surface area contributed by atoms with E-state index in [9.17, 15) is 0 Å². The fourth-order valence-electron chi connectivity index (χ4n) is 3.18. The zero-order chi connectivity index (χ0) is 12.4. The number of aromatic nitrogens is 2. The molecule has 0 aliphatic carbocycles. The zero-order valence-corrected chi connectivity index (χ0v) is 10.2. The maximum absolute atomic E-state index is 4.57. The minimum absolute atomic E-state index is 1.17. The lowest BCUT2D eigenvalue weighted by Gasteiger charge is -2.10.